The third-order valence-electron chi connectivity index (χ3n) is 4.66. The van der Waals surface area contributed by atoms with E-state index < -0.39 is 23.1 Å². The minimum atomic E-state index is -0.597. The number of nitrogens with one attached hydrogen (secondary N) is 1. The molecule has 2 heterocycles. The molecule has 0 radical (unpaired) electrons. The van der Waals surface area contributed by atoms with Gasteiger partial charge in [-0.05, 0) is 78.1 Å². The van der Waals surface area contributed by atoms with Crippen LogP contribution in [-0.2, 0) is 14.4 Å². The molecule has 0 atom stereocenters. The van der Waals surface area contributed by atoms with Gasteiger partial charge in [-0.3, -0.25) is 0 Å². The molecule has 1 N–H and O–H groups in total. The molecule has 2 aliphatic rings. The second-order valence-corrected chi connectivity index (χ2v) is 10.3. The van der Waals surface area contributed by atoms with Crippen molar-refractivity contribution in [3.8, 4) is 0 Å². The first kappa shape index (κ1) is 23.3. The maximum Gasteiger partial charge on any atom is 0.408 e. The molecule has 4 rings (SSSR count). The van der Waals surface area contributed by atoms with Crippen LogP contribution in [0.2, 0.25) is 0 Å². The molecule has 0 unspecified atom stereocenters. The van der Waals surface area contributed by atoms with E-state index in [1.165, 1.54) is 34.9 Å². The number of aromatic nitrogens is 2. The third-order valence-corrected chi connectivity index (χ3v) is 6.50. The number of carbonyl (C=O) groups excluding carboxylic acids is 2. The minimum absolute atomic E-state index is 0.126. The molecule has 33 heavy (non-hydrogen) atoms. The number of alkyl carbamates (subject to hydrolysis) is 1. The summed E-state index contributed by atoms with van der Waals surface area (Å²) in [5.41, 5.74) is -0.410. The highest BCUT2D eigenvalue weighted by Gasteiger charge is 2.45. The Morgan fingerprint density at radius 2 is 2.15 bits per heavy atom. The van der Waals surface area contributed by atoms with E-state index in [4.69, 9.17) is 14.2 Å². The Hall–Kier alpha value is -2.89. The third kappa shape index (κ3) is 5.21. The number of amides is 1. The molecule has 1 fully saturated rings. The fourth-order valence-corrected chi connectivity index (χ4v) is 4.43. The number of hydrogen-bond donors (Lipinski definition) is 1. The van der Waals surface area contributed by atoms with Crippen molar-refractivity contribution in [2.24, 2.45) is 5.16 Å². The molecule has 0 spiro atoms. The maximum absolute atomic E-state index is 13.7. The van der Waals surface area contributed by atoms with Crippen molar-refractivity contribution in [3.63, 3.8) is 0 Å². The number of oxime groups is 1. The van der Waals surface area contributed by atoms with Gasteiger partial charge in [-0.2, -0.15) is 0 Å². The van der Waals surface area contributed by atoms with Crippen LogP contribution >= 0.6 is 27.7 Å². The summed E-state index contributed by atoms with van der Waals surface area (Å²) in [4.78, 5) is 30.0. The quantitative estimate of drug-likeness (QED) is 0.429. The molecule has 0 saturated heterocycles. The lowest BCUT2D eigenvalue weighted by Crippen LogP contribution is -2.42. The fourth-order valence-electron chi connectivity index (χ4n) is 2.94. The second-order valence-electron chi connectivity index (χ2n) is 8.46. The number of ether oxygens (including phenoxy) is 1. The molecule has 1 aromatic heterocycles. The fraction of sp³-hybridized carbons (Fsp3) is 0.400. The summed E-state index contributed by atoms with van der Waals surface area (Å²) in [5, 5.41) is 15.1. The Balaban J connectivity index is 1.51. The molecule has 1 saturated carbocycles. The number of anilines is 1. The lowest BCUT2D eigenvalue weighted by molar-refractivity contribution is 0.0503. The second kappa shape index (κ2) is 8.81. The van der Waals surface area contributed by atoms with Crippen LogP contribution in [-0.4, -0.2) is 45.1 Å². The van der Waals surface area contributed by atoms with Gasteiger partial charge in [-0.15, -0.1) is 0 Å². The Morgan fingerprint density at radius 3 is 2.79 bits per heavy atom. The van der Waals surface area contributed by atoms with Gasteiger partial charge in [0.15, 0.2) is 16.7 Å². The highest BCUT2D eigenvalue weighted by Crippen LogP contribution is 2.41. The van der Waals surface area contributed by atoms with E-state index in [9.17, 15) is 14.0 Å². The van der Waals surface area contributed by atoms with E-state index in [1.807, 2.05) is 0 Å². The molecule has 1 aromatic carbocycles. The van der Waals surface area contributed by atoms with E-state index in [0.29, 0.717) is 16.5 Å². The normalized spacial score (nSPS) is 16.7. The Labute approximate surface area is 200 Å². The van der Waals surface area contributed by atoms with Gasteiger partial charge in [0.25, 0.3) is 0 Å². The SMILES string of the molecule is CC(C)(C)OC(=O)NC1(CSc2nonc2C2=NOC(=C=O)N2c2ccc(F)c(Br)c2)CC1. The van der Waals surface area contributed by atoms with Gasteiger partial charge in [-0.25, -0.2) is 23.5 Å². The molecule has 10 nitrogen and oxygen atoms in total. The number of amidine groups is 1. The van der Waals surface area contributed by atoms with E-state index in [1.54, 1.807) is 26.7 Å². The summed E-state index contributed by atoms with van der Waals surface area (Å²) in [6.45, 7) is 5.39. The summed E-state index contributed by atoms with van der Waals surface area (Å²) in [5.74, 6) is 1.56. The van der Waals surface area contributed by atoms with E-state index in [2.05, 4.69) is 36.7 Å². The van der Waals surface area contributed by atoms with Crippen LogP contribution in [0.4, 0.5) is 14.9 Å². The summed E-state index contributed by atoms with van der Waals surface area (Å²) in [6.07, 6.45) is 1.09. The highest BCUT2D eigenvalue weighted by molar-refractivity contribution is 9.10. The van der Waals surface area contributed by atoms with E-state index >= 15 is 0 Å². The van der Waals surface area contributed by atoms with Crippen molar-refractivity contribution in [1.82, 2.24) is 15.6 Å². The van der Waals surface area contributed by atoms with Crippen molar-refractivity contribution >= 4 is 51.2 Å². The maximum atomic E-state index is 13.7. The van der Waals surface area contributed by atoms with Crippen molar-refractivity contribution in [3.05, 3.63) is 40.1 Å². The zero-order chi connectivity index (χ0) is 23.8. The van der Waals surface area contributed by atoms with Gasteiger partial charge < -0.3 is 14.9 Å². The Morgan fingerprint density at radius 1 is 1.39 bits per heavy atom. The number of benzene rings is 1. The topological polar surface area (TPSA) is 119 Å². The molecule has 1 amide bonds. The number of hydrogen-bond acceptors (Lipinski definition) is 10. The van der Waals surface area contributed by atoms with Crippen molar-refractivity contribution in [2.45, 2.75) is 49.8 Å². The van der Waals surface area contributed by atoms with Gasteiger partial charge in [-0.1, -0.05) is 16.9 Å². The van der Waals surface area contributed by atoms with Crippen LogP contribution in [0.1, 0.15) is 39.3 Å². The lowest BCUT2D eigenvalue weighted by Gasteiger charge is -2.23. The standard InChI is InChI=1S/C20H19BrFN5O5S/c1-19(2,3)30-18(29)23-20(6-7-20)10-33-17-15(24-32-26-17)16-25-31-14(9-28)27(16)11-4-5-13(22)12(21)8-11/h4-5,8H,6-7,10H2,1-3H3,(H,23,29). The summed E-state index contributed by atoms with van der Waals surface area (Å²) < 4.78 is 24.2. The number of carbonyl (C=O) groups is 1. The number of nitrogens with zero attached hydrogens (tertiary/aromatic N) is 4. The Bertz CT molecular complexity index is 1170. The average molecular weight is 540 g/mol. The molecule has 174 valence electrons. The van der Waals surface area contributed by atoms with Gasteiger partial charge in [0.1, 0.15) is 11.4 Å². The molecule has 1 aliphatic carbocycles. The molecular weight excluding hydrogens is 521 g/mol. The summed E-state index contributed by atoms with van der Waals surface area (Å²) in [7, 11) is 0. The van der Waals surface area contributed by atoms with Crippen LogP contribution in [0.25, 0.3) is 0 Å². The van der Waals surface area contributed by atoms with Crippen molar-refractivity contribution in [1.29, 1.82) is 0 Å². The predicted octanol–water partition coefficient (Wildman–Crippen LogP) is 3.99. The van der Waals surface area contributed by atoms with Gasteiger partial charge >= 0.3 is 12.0 Å². The summed E-state index contributed by atoms with van der Waals surface area (Å²) in [6, 6.07) is 4.14. The smallest absolute Gasteiger partial charge is 0.408 e. The molecule has 2 aromatic rings. The highest BCUT2D eigenvalue weighted by atomic mass is 79.9. The first-order valence-electron chi connectivity index (χ1n) is 9.83. The minimum Gasteiger partial charge on any atom is -0.444 e. The van der Waals surface area contributed by atoms with Gasteiger partial charge in [0.05, 0.1) is 15.7 Å². The molecular formula is C20H19BrFN5O5S. The van der Waals surface area contributed by atoms with Crippen molar-refractivity contribution < 1.29 is 28.2 Å². The van der Waals surface area contributed by atoms with E-state index in [0.717, 1.165) is 12.8 Å². The van der Waals surface area contributed by atoms with Gasteiger partial charge in [0, 0.05) is 5.75 Å². The molecule has 13 heteroatoms. The largest absolute Gasteiger partial charge is 0.444 e. The number of thioether (sulfide) groups is 1. The monoisotopic (exact) mass is 539 g/mol. The van der Waals surface area contributed by atoms with Crippen LogP contribution in [0, 0.1) is 5.82 Å². The number of halogens is 2. The first-order valence-corrected chi connectivity index (χ1v) is 11.6. The molecule has 1 aliphatic heterocycles. The zero-order valence-electron chi connectivity index (χ0n) is 17.8. The Kier molecular flexibility index (Phi) is 6.21. The summed E-state index contributed by atoms with van der Waals surface area (Å²) >= 11 is 4.43. The average Bonchev–Trinajstić information content (AvgIpc) is 3.15. The molecule has 0 bridgehead atoms. The lowest BCUT2D eigenvalue weighted by atomic mass is 10.2. The van der Waals surface area contributed by atoms with Crippen molar-refractivity contribution in [2.75, 3.05) is 10.7 Å². The van der Waals surface area contributed by atoms with Gasteiger partial charge in [0.2, 0.25) is 5.84 Å². The number of rotatable bonds is 6. The first-order chi connectivity index (χ1) is 15.6. The zero-order valence-corrected chi connectivity index (χ0v) is 20.3. The van der Waals surface area contributed by atoms with Crippen LogP contribution < -0.4 is 10.2 Å². The predicted molar refractivity (Wildman–Crippen MR) is 120 cm³/mol. The van der Waals surface area contributed by atoms with E-state index in [-0.39, 0.29) is 21.9 Å². The van der Waals surface area contributed by atoms with Crippen LogP contribution in [0.5, 0.6) is 0 Å². The van der Waals surface area contributed by atoms with Crippen LogP contribution in [0.15, 0.2) is 43.4 Å². The van der Waals surface area contributed by atoms with Crippen LogP contribution in [0.3, 0.4) is 0 Å².